The average Bonchev–Trinajstić information content (AvgIpc) is 3.39. The molecule has 6 N–H and O–H groups in total. The van der Waals surface area contributed by atoms with Crippen molar-refractivity contribution >= 4 is 11.9 Å². The Morgan fingerprint density at radius 2 is 0.890 bits per heavy atom. The van der Waals surface area contributed by atoms with E-state index in [9.17, 15) is 35.1 Å². The smallest absolute Gasteiger partial charge is 0.306 e. The minimum absolute atomic E-state index is 0.130. The van der Waals surface area contributed by atoms with Crippen LogP contribution in [0.15, 0.2) is 12.2 Å². The van der Waals surface area contributed by atoms with Gasteiger partial charge in [-0.3, -0.25) is 9.59 Å². The maximum atomic E-state index is 13.4. The minimum atomic E-state index is -1.60. The van der Waals surface area contributed by atoms with Crippen molar-refractivity contribution in [1.29, 1.82) is 0 Å². The summed E-state index contributed by atoms with van der Waals surface area (Å²) in [6, 6.07) is -1.02. The highest BCUT2D eigenvalue weighted by atomic mass is 16.7. The zero-order valence-electron chi connectivity index (χ0n) is 47.8. The van der Waals surface area contributed by atoms with Gasteiger partial charge in [0.15, 0.2) is 12.4 Å². The van der Waals surface area contributed by atoms with Gasteiger partial charge < -0.3 is 45.1 Å². The average molecular weight is 1040 g/mol. The van der Waals surface area contributed by atoms with Gasteiger partial charge in [-0.25, -0.2) is 0 Å². The summed E-state index contributed by atoms with van der Waals surface area (Å²) >= 11 is 0. The topological polar surface area (TPSA) is 175 Å². The van der Waals surface area contributed by atoms with Gasteiger partial charge in [0, 0.05) is 6.42 Å². The highest BCUT2D eigenvalue weighted by molar-refractivity contribution is 5.80. The molecule has 11 nitrogen and oxygen atoms in total. The fourth-order valence-corrected chi connectivity index (χ4v) is 10.2. The van der Waals surface area contributed by atoms with Crippen molar-refractivity contribution in [2.24, 2.45) is 0 Å². The van der Waals surface area contributed by atoms with Crippen molar-refractivity contribution in [3.8, 4) is 0 Å². The lowest BCUT2D eigenvalue weighted by atomic mass is 9.99. The van der Waals surface area contributed by atoms with Crippen LogP contribution in [0.3, 0.4) is 0 Å². The molecule has 8 atom stereocenters. The fraction of sp³-hybridized carbons (Fsp3) is 0.935. The molecule has 1 heterocycles. The highest BCUT2D eigenvalue weighted by Gasteiger charge is 2.47. The van der Waals surface area contributed by atoms with Crippen molar-refractivity contribution in [2.75, 3.05) is 13.2 Å². The normalized spacial score (nSPS) is 19.4. The number of carbonyl (C=O) groups is 2. The lowest BCUT2D eigenvalue weighted by Gasteiger charge is -2.41. The number of nitrogens with one attached hydrogen (secondary N) is 1. The summed E-state index contributed by atoms with van der Waals surface area (Å²) in [6.07, 6.45) is 46.9. The second kappa shape index (κ2) is 51.2. The van der Waals surface area contributed by atoms with Crippen LogP contribution in [0.5, 0.6) is 0 Å². The van der Waals surface area contributed by atoms with Crippen molar-refractivity contribution in [3.63, 3.8) is 0 Å². The molecule has 0 radical (unpaired) electrons. The summed E-state index contributed by atoms with van der Waals surface area (Å²) in [5, 5.41) is 56.9. The number of rotatable bonds is 54. The molecule has 0 aromatic heterocycles. The number of aliphatic hydroxyl groups is 5. The van der Waals surface area contributed by atoms with E-state index in [1.165, 1.54) is 205 Å². The molecule has 1 aliphatic heterocycles. The van der Waals surface area contributed by atoms with Crippen LogP contribution in [0.25, 0.3) is 0 Å². The summed E-state index contributed by atoms with van der Waals surface area (Å²) in [4.78, 5) is 26.5. The zero-order chi connectivity index (χ0) is 53.3. The number of hydrogen-bond acceptors (Lipinski definition) is 10. The first-order valence-electron chi connectivity index (χ1n) is 31.5. The van der Waals surface area contributed by atoms with E-state index in [1.54, 1.807) is 6.08 Å². The maximum Gasteiger partial charge on any atom is 0.306 e. The van der Waals surface area contributed by atoms with Crippen molar-refractivity contribution < 1.29 is 49.3 Å². The number of amides is 1. The molecule has 11 heteroatoms. The van der Waals surface area contributed by atoms with Crippen LogP contribution in [0.1, 0.15) is 310 Å². The Hall–Kier alpha value is -1.60. The van der Waals surface area contributed by atoms with Crippen LogP contribution in [0, 0.1) is 0 Å². The lowest BCUT2D eigenvalue weighted by molar-refractivity contribution is -0.305. The molecule has 1 fully saturated rings. The van der Waals surface area contributed by atoms with Gasteiger partial charge in [0.1, 0.15) is 24.4 Å². The van der Waals surface area contributed by atoms with Crippen LogP contribution in [0.4, 0.5) is 0 Å². The van der Waals surface area contributed by atoms with Gasteiger partial charge >= 0.3 is 5.97 Å². The Kier molecular flexibility index (Phi) is 48.7. The summed E-state index contributed by atoms with van der Waals surface area (Å²) < 4.78 is 17.6. The van der Waals surface area contributed by atoms with Gasteiger partial charge in [-0.05, 0) is 25.7 Å². The summed E-state index contributed by atoms with van der Waals surface area (Å²) in [5.41, 5.74) is 0. The molecular formula is C62H119NO10. The monoisotopic (exact) mass is 1040 g/mol. The van der Waals surface area contributed by atoms with E-state index in [4.69, 9.17) is 14.2 Å². The summed E-state index contributed by atoms with van der Waals surface area (Å²) in [5.74, 6) is -1.18. The van der Waals surface area contributed by atoms with Crippen LogP contribution in [0.2, 0.25) is 0 Å². The molecule has 1 aliphatic rings. The number of ether oxygens (including phenoxy) is 3. The largest absolute Gasteiger partial charge is 0.454 e. The Labute approximate surface area is 448 Å². The zero-order valence-corrected chi connectivity index (χ0v) is 47.8. The van der Waals surface area contributed by atoms with Gasteiger partial charge in [0.2, 0.25) is 5.91 Å². The predicted molar refractivity (Wildman–Crippen MR) is 301 cm³/mol. The van der Waals surface area contributed by atoms with Gasteiger partial charge in [-0.1, -0.05) is 290 Å². The molecule has 1 rings (SSSR count). The Balaban J connectivity index is 2.64. The van der Waals surface area contributed by atoms with E-state index in [0.717, 1.165) is 57.8 Å². The van der Waals surface area contributed by atoms with Crippen LogP contribution in [-0.2, 0) is 23.8 Å². The summed E-state index contributed by atoms with van der Waals surface area (Å²) in [7, 11) is 0. The van der Waals surface area contributed by atoms with E-state index in [1.807, 2.05) is 6.08 Å². The third kappa shape index (κ3) is 39.4. The predicted octanol–water partition coefficient (Wildman–Crippen LogP) is 14.7. The molecule has 0 spiro atoms. The first kappa shape index (κ1) is 69.4. The maximum absolute atomic E-state index is 13.4. The minimum Gasteiger partial charge on any atom is -0.454 e. The van der Waals surface area contributed by atoms with E-state index < -0.39 is 67.4 Å². The van der Waals surface area contributed by atoms with E-state index in [-0.39, 0.29) is 13.0 Å². The van der Waals surface area contributed by atoms with Crippen LogP contribution < -0.4 is 5.32 Å². The molecule has 73 heavy (non-hydrogen) atoms. The second-order valence-electron chi connectivity index (χ2n) is 22.2. The number of unbranched alkanes of at least 4 members (excludes halogenated alkanes) is 40. The molecule has 0 saturated carbocycles. The van der Waals surface area contributed by atoms with E-state index >= 15 is 0 Å². The Morgan fingerprint density at radius 3 is 1.29 bits per heavy atom. The fourth-order valence-electron chi connectivity index (χ4n) is 10.2. The first-order chi connectivity index (χ1) is 35.7. The van der Waals surface area contributed by atoms with E-state index in [0.29, 0.717) is 19.3 Å². The van der Waals surface area contributed by atoms with Crippen LogP contribution in [-0.4, -0.2) is 99.6 Å². The highest BCUT2D eigenvalue weighted by Crippen LogP contribution is 2.26. The number of carbonyl (C=O) groups excluding carboxylic acids is 2. The molecule has 8 unspecified atom stereocenters. The first-order valence-corrected chi connectivity index (χ1v) is 31.5. The third-order valence-corrected chi connectivity index (χ3v) is 15.2. The standard InChI is InChI=1S/C62H119NO10/c1-4-7-10-13-16-19-22-24-25-26-27-28-29-30-32-35-37-40-43-46-49-55(66)61(70)63-53(54(65)48-45-42-39-36-34-31-23-20-17-14-11-8-5-2)52-71-62-60(59(69)58(68)56(51-64)72-62)73-57(67)50-47-44-41-38-33-21-18-15-12-9-6-3/h45,48,53-56,58-60,62,64-66,68-69H,4-44,46-47,49-52H2,1-3H3,(H,63,70)/b48-45+. The second-order valence-corrected chi connectivity index (χ2v) is 22.2. The molecule has 0 aliphatic carbocycles. The van der Waals surface area contributed by atoms with Crippen molar-refractivity contribution in [1.82, 2.24) is 5.32 Å². The Bertz CT molecular complexity index is 1240. The van der Waals surface area contributed by atoms with Gasteiger partial charge in [0.25, 0.3) is 0 Å². The van der Waals surface area contributed by atoms with Gasteiger partial charge in [-0.2, -0.15) is 0 Å². The Morgan fingerprint density at radius 1 is 0.521 bits per heavy atom. The molecule has 0 aromatic rings. The SMILES string of the molecule is CCCCCCCCCCCCC/C=C/C(O)C(COC1OC(CO)C(O)C(O)C1OC(=O)CCCCCCCCCCCCC)NC(=O)C(O)CCCCCCCCCCCCCCCCCCCCCC. The van der Waals surface area contributed by atoms with Crippen LogP contribution >= 0.6 is 0 Å². The molecule has 0 bridgehead atoms. The number of aliphatic hydroxyl groups excluding tert-OH is 5. The molecule has 1 saturated heterocycles. The number of allylic oxidation sites excluding steroid dienone is 1. The van der Waals surface area contributed by atoms with Crippen molar-refractivity contribution in [2.45, 2.75) is 359 Å². The quantitative estimate of drug-likeness (QED) is 0.0195. The van der Waals surface area contributed by atoms with Gasteiger partial charge in [-0.15, -0.1) is 0 Å². The summed E-state index contributed by atoms with van der Waals surface area (Å²) in [6.45, 7) is 5.81. The number of esters is 1. The molecular weight excluding hydrogens is 919 g/mol. The third-order valence-electron chi connectivity index (χ3n) is 15.2. The van der Waals surface area contributed by atoms with Crippen molar-refractivity contribution in [3.05, 3.63) is 12.2 Å². The van der Waals surface area contributed by atoms with Gasteiger partial charge in [0.05, 0.1) is 25.4 Å². The molecule has 1 amide bonds. The molecule has 0 aromatic carbocycles. The van der Waals surface area contributed by atoms with E-state index in [2.05, 4.69) is 26.1 Å². The lowest BCUT2D eigenvalue weighted by Crippen LogP contribution is -2.61. The molecule has 432 valence electrons. The number of hydrogen-bond donors (Lipinski definition) is 6.